The van der Waals surface area contributed by atoms with Crippen LogP contribution in [0.2, 0.25) is 0 Å². The maximum Gasteiger partial charge on any atom is 0.227 e. The van der Waals surface area contributed by atoms with Gasteiger partial charge in [0.05, 0.1) is 5.69 Å². The Bertz CT molecular complexity index is 911. The fraction of sp³-hybridized carbons (Fsp3) is 0.167. The molecular formula is C18H17N3O3. The third-order valence-corrected chi connectivity index (χ3v) is 3.74. The molecule has 122 valence electrons. The van der Waals surface area contributed by atoms with Crippen LogP contribution in [0.15, 0.2) is 48.7 Å². The van der Waals surface area contributed by atoms with E-state index in [1.165, 1.54) is 4.80 Å². The van der Waals surface area contributed by atoms with E-state index in [-0.39, 0.29) is 13.0 Å². The molecule has 0 aliphatic heterocycles. The van der Waals surface area contributed by atoms with Gasteiger partial charge < -0.3 is 10.2 Å². The number of carbonyl (C=O) groups is 1. The van der Waals surface area contributed by atoms with Crippen molar-refractivity contribution < 1.29 is 15.0 Å². The van der Waals surface area contributed by atoms with Gasteiger partial charge in [-0.05, 0) is 48.7 Å². The maximum atomic E-state index is 12.3. The first-order valence-corrected chi connectivity index (χ1v) is 7.50. The lowest BCUT2D eigenvalue weighted by Gasteiger charge is -2.14. The molecule has 2 N–H and O–H groups in total. The summed E-state index contributed by atoms with van der Waals surface area (Å²) in [6.07, 6.45) is 0.238. The quantitative estimate of drug-likeness (QED) is 0.428. The lowest BCUT2D eigenvalue weighted by atomic mass is 9.96. The Hall–Kier alpha value is -2.99. The number of rotatable bonds is 5. The molecular weight excluding hydrogens is 306 g/mol. The number of hydrogen-bond donors (Lipinski definition) is 2. The molecule has 1 aromatic heterocycles. The molecule has 24 heavy (non-hydrogen) atoms. The average Bonchev–Trinajstić information content (AvgIpc) is 2.99. The zero-order valence-corrected chi connectivity index (χ0v) is 13.2. The Kier molecular flexibility index (Phi) is 4.14. The van der Waals surface area contributed by atoms with Crippen molar-refractivity contribution in [3.63, 3.8) is 0 Å². The van der Waals surface area contributed by atoms with Crippen molar-refractivity contribution in [2.24, 2.45) is 0 Å². The topological polar surface area (TPSA) is 88.2 Å². The molecule has 0 spiro atoms. The number of hydrogen-bond acceptors (Lipinski definition) is 5. The number of allylic oxidation sites excluding steroid dienone is 1. The van der Waals surface area contributed by atoms with E-state index in [9.17, 15) is 15.0 Å². The number of fused-ring (bicyclic) bond motifs is 1. The van der Waals surface area contributed by atoms with Crippen LogP contribution >= 0.6 is 0 Å². The third kappa shape index (κ3) is 2.79. The van der Waals surface area contributed by atoms with E-state index in [0.717, 1.165) is 16.6 Å². The fourth-order valence-corrected chi connectivity index (χ4v) is 2.68. The van der Waals surface area contributed by atoms with Gasteiger partial charge >= 0.3 is 0 Å². The molecule has 3 aromatic rings. The van der Waals surface area contributed by atoms with Gasteiger partial charge in [-0.3, -0.25) is 4.79 Å². The first-order chi connectivity index (χ1) is 11.5. The molecule has 0 radical (unpaired) electrons. The van der Waals surface area contributed by atoms with Gasteiger partial charge in [0.25, 0.3) is 0 Å². The second kappa shape index (κ2) is 6.25. The van der Waals surface area contributed by atoms with E-state index >= 15 is 0 Å². The highest BCUT2D eigenvalue weighted by Crippen LogP contribution is 2.24. The first kappa shape index (κ1) is 15.9. The zero-order valence-electron chi connectivity index (χ0n) is 13.2. The molecule has 0 atom stereocenters. The highest BCUT2D eigenvalue weighted by atomic mass is 16.3. The van der Waals surface area contributed by atoms with Gasteiger partial charge in [-0.2, -0.15) is 4.80 Å². The lowest BCUT2D eigenvalue weighted by Crippen LogP contribution is -2.13. The fourth-order valence-electron chi connectivity index (χ4n) is 2.68. The van der Waals surface area contributed by atoms with Crippen molar-refractivity contribution in [2.75, 3.05) is 6.61 Å². The molecule has 1 heterocycles. The van der Waals surface area contributed by atoms with Gasteiger partial charge in [0.2, 0.25) is 5.78 Å². The summed E-state index contributed by atoms with van der Waals surface area (Å²) in [5.41, 5.74) is 3.75. The van der Waals surface area contributed by atoms with Crippen LogP contribution in [-0.2, 0) is 6.42 Å². The molecule has 0 saturated heterocycles. The Balaban J connectivity index is 2.25. The summed E-state index contributed by atoms with van der Waals surface area (Å²) >= 11 is 0. The maximum absolute atomic E-state index is 12.3. The molecule has 0 saturated carbocycles. The van der Waals surface area contributed by atoms with E-state index in [2.05, 4.69) is 16.8 Å². The Morgan fingerprint density at radius 1 is 1.21 bits per heavy atom. The normalized spacial score (nSPS) is 10.9. The monoisotopic (exact) mass is 323 g/mol. The molecule has 0 unspecified atom stereocenters. The number of Topliss-reactive ketones (excluding diaryl/α,β-unsaturated/α-hetero) is 1. The standard InChI is InChI=1S/C18H17N3O3/c1-11-9-14(18(24)12(2)23)13(7-8-22)17(10-11)21-19-15-5-3-4-6-16(15)20-21/h3-6,9-10,22-23H,2,7-8H2,1H3. The van der Waals surface area contributed by atoms with Crippen LogP contribution in [0.25, 0.3) is 16.7 Å². The number of aromatic nitrogens is 3. The van der Waals surface area contributed by atoms with Gasteiger partial charge in [-0.15, -0.1) is 10.2 Å². The summed E-state index contributed by atoms with van der Waals surface area (Å²) in [6, 6.07) is 11.0. The highest BCUT2D eigenvalue weighted by Gasteiger charge is 2.20. The molecule has 3 rings (SSSR count). The number of aliphatic hydroxyl groups excluding tert-OH is 2. The molecule has 6 nitrogen and oxygen atoms in total. The number of benzene rings is 2. The molecule has 0 amide bonds. The minimum Gasteiger partial charge on any atom is -0.505 e. The van der Waals surface area contributed by atoms with Crippen molar-refractivity contribution in [3.8, 4) is 5.69 Å². The smallest absolute Gasteiger partial charge is 0.227 e. The zero-order chi connectivity index (χ0) is 17.3. The third-order valence-electron chi connectivity index (χ3n) is 3.74. The number of aryl methyl sites for hydroxylation is 1. The van der Waals surface area contributed by atoms with Crippen LogP contribution < -0.4 is 0 Å². The van der Waals surface area contributed by atoms with E-state index in [1.54, 1.807) is 6.07 Å². The van der Waals surface area contributed by atoms with E-state index in [1.807, 2.05) is 37.3 Å². The average molecular weight is 323 g/mol. The van der Waals surface area contributed by atoms with Crippen LogP contribution in [0.1, 0.15) is 21.5 Å². The number of carbonyl (C=O) groups excluding carboxylic acids is 1. The lowest BCUT2D eigenvalue weighted by molar-refractivity contribution is 0.0977. The Morgan fingerprint density at radius 3 is 2.38 bits per heavy atom. The summed E-state index contributed by atoms with van der Waals surface area (Å²) in [5, 5.41) is 27.8. The Labute approximate surface area is 138 Å². The number of ketones is 1. The van der Waals surface area contributed by atoms with Crippen LogP contribution in [0, 0.1) is 6.92 Å². The number of aliphatic hydroxyl groups is 2. The SMILES string of the molecule is C=C(O)C(=O)c1cc(C)cc(-n2nc3ccccc3n2)c1CCO. The van der Waals surface area contributed by atoms with Crippen molar-refractivity contribution in [2.45, 2.75) is 13.3 Å². The highest BCUT2D eigenvalue weighted by molar-refractivity contribution is 6.08. The van der Waals surface area contributed by atoms with E-state index in [4.69, 9.17) is 0 Å². The van der Waals surface area contributed by atoms with Crippen molar-refractivity contribution in [1.82, 2.24) is 15.0 Å². The summed E-state index contributed by atoms with van der Waals surface area (Å²) in [6.45, 7) is 5.00. The molecule has 0 bridgehead atoms. The second-order valence-electron chi connectivity index (χ2n) is 5.54. The van der Waals surface area contributed by atoms with Gasteiger partial charge in [-0.1, -0.05) is 18.7 Å². The van der Waals surface area contributed by atoms with Crippen LogP contribution in [0.3, 0.4) is 0 Å². The first-order valence-electron chi connectivity index (χ1n) is 7.50. The van der Waals surface area contributed by atoms with Gasteiger partial charge in [0, 0.05) is 12.2 Å². The summed E-state index contributed by atoms with van der Waals surface area (Å²) < 4.78 is 0. The van der Waals surface area contributed by atoms with Crippen LogP contribution in [0.5, 0.6) is 0 Å². The predicted octanol–water partition coefficient (Wildman–Crippen LogP) is 2.52. The van der Waals surface area contributed by atoms with Crippen molar-refractivity contribution in [1.29, 1.82) is 0 Å². The minimum absolute atomic E-state index is 0.144. The largest absolute Gasteiger partial charge is 0.505 e. The van der Waals surface area contributed by atoms with E-state index in [0.29, 0.717) is 16.8 Å². The van der Waals surface area contributed by atoms with E-state index < -0.39 is 11.5 Å². The minimum atomic E-state index is -0.569. The molecule has 0 aliphatic carbocycles. The van der Waals surface area contributed by atoms with Crippen molar-refractivity contribution >= 4 is 16.8 Å². The molecule has 0 aliphatic rings. The Morgan fingerprint density at radius 2 is 1.83 bits per heavy atom. The summed E-state index contributed by atoms with van der Waals surface area (Å²) in [5.74, 6) is -1.11. The molecule has 0 fully saturated rings. The second-order valence-corrected chi connectivity index (χ2v) is 5.54. The van der Waals surface area contributed by atoms with Gasteiger partial charge in [0.15, 0.2) is 5.76 Å². The van der Waals surface area contributed by atoms with Crippen LogP contribution in [0.4, 0.5) is 0 Å². The van der Waals surface area contributed by atoms with Gasteiger partial charge in [0.1, 0.15) is 11.0 Å². The predicted molar refractivity (Wildman–Crippen MR) is 90.5 cm³/mol. The number of nitrogens with zero attached hydrogens (tertiary/aromatic N) is 3. The molecule has 6 heteroatoms. The summed E-state index contributed by atoms with van der Waals surface area (Å²) in [7, 11) is 0. The van der Waals surface area contributed by atoms with Crippen molar-refractivity contribution in [3.05, 3.63) is 65.4 Å². The van der Waals surface area contributed by atoms with Crippen LogP contribution in [-0.4, -0.2) is 37.6 Å². The molecule has 2 aromatic carbocycles. The summed E-state index contributed by atoms with van der Waals surface area (Å²) in [4.78, 5) is 13.7. The van der Waals surface area contributed by atoms with Gasteiger partial charge in [-0.25, -0.2) is 0 Å².